The number of nitrogens with one attached hydrogen (secondary N) is 1. The van der Waals surface area contributed by atoms with Crippen molar-refractivity contribution in [1.29, 1.82) is 0 Å². The van der Waals surface area contributed by atoms with Crippen LogP contribution >= 0.6 is 0 Å². The average molecular weight is 583 g/mol. The van der Waals surface area contributed by atoms with E-state index in [0.29, 0.717) is 12.2 Å². The minimum Gasteiger partial charge on any atom is -0.497 e. The topological polar surface area (TPSA) is 167 Å². The number of ether oxygens (including phenoxy) is 3. The third kappa shape index (κ3) is 8.11. The van der Waals surface area contributed by atoms with Crippen molar-refractivity contribution in [3.8, 4) is 5.75 Å². The highest BCUT2D eigenvalue weighted by molar-refractivity contribution is 5.89. The van der Waals surface area contributed by atoms with Crippen LogP contribution in [0.3, 0.4) is 0 Å². The summed E-state index contributed by atoms with van der Waals surface area (Å²) >= 11 is 0. The Kier molecular flexibility index (Phi) is 10.6. The number of benzene rings is 1. The maximum absolute atomic E-state index is 13.2. The van der Waals surface area contributed by atoms with Crippen molar-refractivity contribution in [2.45, 2.75) is 63.7 Å². The molecule has 0 unspecified atom stereocenters. The molecule has 222 valence electrons. The molecule has 1 aromatic carbocycles. The average Bonchev–Trinajstić information content (AvgIpc) is 3.34. The fraction of sp³-hybridized carbons (Fsp3) is 0.520. The summed E-state index contributed by atoms with van der Waals surface area (Å²) < 4.78 is 55.3. The fourth-order valence-electron chi connectivity index (χ4n) is 4.23. The van der Waals surface area contributed by atoms with E-state index >= 15 is 0 Å². The molecule has 2 heterocycles. The van der Waals surface area contributed by atoms with Crippen molar-refractivity contribution in [2.24, 2.45) is 5.11 Å². The summed E-state index contributed by atoms with van der Waals surface area (Å²) in [5, 5.41) is 5.48. The van der Waals surface area contributed by atoms with Crippen LogP contribution in [-0.2, 0) is 20.8 Å². The van der Waals surface area contributed by atoms with Gasteiger partial charge in [0.05, 0.1) is 18.7 Å². The maximum atomic E-state index is 13.2. The molecule has 1 amide bonds. The largest absolute Gasteiger partial charge is 0.497 e. The predicted molar refractivity (Wildman–Crippen MR) is 137 cm³/mol. The standard InChI is InChI=1S/C25H29F3N6O7/c1-15-13-34(24(38)33(21(15)35)11-5-3-4-10-30-23(37)25(26,27)28)20-12-18(31-32-29)19(41-20)14-40-22(36)16-6-8-17(39-2)9-7-16/h6-9,13,18-20H,3-5,10-12,14H2,1-2H3,(H,30,37)/t18-,19+,20-/m0/s1. The number of amides is 1. The molecule has 16 heteroatoms. The third-order valence-electron chi connectivity index (χ3n) is 6.39. The van der Waals surface area contributed by atoms with Gasteiger partial charge in [0.25, 0.3) is 5.56 Å². The van der Waals surface area contributed by atoms with Gasteiger partial charge in [0, 0.05) is 36.2 Å². The Labute approximate surface area is 231 Å². The Morgan fingerprint density at radius 2 is 1.90 bits per heavy atom. The first kappa shape index (κ1) is 31.2. The highest BCUT2D eigenvalue weighted by Gasteiger charge is 2.38. The zero-order chi connectivity index (χ0) is 30.2. The Morgan fingerprint density at radius 1 is 1.20 bits per heavy atom. The minimum atomic E-state index is -4.96. The van der Waals surface area contributed by atoms with Crippen LogP contribution < -0.4 is 21.3 Å². The van der Waals surface area contributed by atoms with Crippen molar-refractivity contribution in [3.63, 3.8) is 0 Å². The second kappa shape index (κ2) is 13.9. The van der Waals surface area contributed by atoms with Gasteiger partial charge in [0.1, 0.15) is 24.7 Å². The summed E-state index contributed by atoms with van der Waals surface area (Å²) in [7, 11) is 1.49. The number of rotatable bonds is 12. The molecule has 1 aliphatic rings. The quantitative estimate of drug-likeness (QED) is 0.132. The van der Waals surface area contributed by atoms with Gasteiger partial charge >= 0.3 is 23.7 Å². The lowest BCUT2D eigenvalue weighted by molar-refractivity contribution is -0.173. The third-order valence-corrected chi connectivity index (χ3v) is 6.39. The van der Waals surface area contributed by atoms with E-state index in [9.17, 15) is 32.3 Å². The summed E-state index contributed by atoms with van der Waals surface area (Å²) in [5.74, 6) is -2.11. The molecule has 0 aliphatic carbocycles. The van der Waals surface area contributed by atoms with Crippen molar-refractivity contribution in [3.05, 3.63) is 72.9 Å². The summed E-state index contributed by atoms with van der Waals surface area (Å²) in [5.41, 5.74) is 8.28. The molecule has 3 rings (SSSR count). The van der Waals surface area contributed by atoms with E-state index in [-0.39, 0.29) is 50.1 Å². The maximum Gasteiger partial charge on any atom is 0.471 e. The smallest absolute Gasteiger partial charge is 0.471 e. The molecule has 1 aliphatic heterocycles. The highest BCUT2D eigenvalue weighted by Crippen LogP contribution is 2.30. The molecule has 0 spiro atoms. The molecule has 41 heavy (non-hydrogen) atoms. The Bertz CT molecular complexity index is 1400. The number of halogens is 3. The van der Waals surface area contributed by atoms with Crippen molar-refractivity contribution in [1.82, 2.24) is 14.5 Å². The van der Waals surface area contributed by atoms with E-state index < -0.39 is 47.7 Å². The number of hydrogen-bond donors (Lipinski definition) is 1. The zero-order valence-electron chi connectivity index (χ0n) is 22.3. The second-order valence-corrected chi connectivity index (χ2v) is 9.24. The first-order chi connectivity index (χ1) is 19.5. The molecule has 0 bridgehead atoms. The normalized spacial score (nSPS) is 18.4. The van der Waals surface area contributed by atoms with E-state index in [1.807, 2.05) is 0 Å². The van der Waals surface area contributed by atoms with E-state index in [1.165, 1.54) is 36.9 Å². The summed E-state index contributed by atoms with van der Waals surface area (Å²) in [6.45, 7) is 1.03. The molecule has 2 aromatic rings. The van der Waals surface area contributed by atoms with Crippen molar-refractivity contribution < 1.29 is 37.0 Å². The lowest BCUT2D eigenvalue weighted by atomic mass is 10.1. The van der Waals surface area contributed by atoms with Gasteiger partial charge < -0.3 is 19.5 Å². The van der Waals surface area contributed by atoms with Gasteiger partial charge in [-0.05, 0) is 56.0 Å². The first-order valence-electron chi connectivity index (χ1n) is 12.6. The molecule has 0 radical (unpaired) electrons. The minimum absolute atomic E-state index is 0.0119. The number of azide groups is 1. The molecular formula is C25H29F3N6O7. The predicted octanol–water partition coefficient (Wildman–Crippen LogP) is 3.00. The molecule has 1 saturated heterocycles. The van der Waals surface area contributed by atoms with Crippen LogP contribution in [0.15, 0.2) is 45.2 Å². The number of hydrogen-bond acceptors (Lipinski definition) is 8. The number of methoxy groups -OCH3 is 1. The molecule has 1 fully saturated rings. The zero-order valence-corrected chi connectivity index (χ0v) is 22.3. The van der Waals surface area contributed by atoms with E-state index in [1.54, 1.807) is 17.4 Å². The lowest BCUT2D eigenvalue weighted by Gasteiger charge is -2.18. The molecule has 0 saturated carbocycles. The number of alkyl halides is 3. The van der Waals surface area contributed by atoms with E-state index in [2.05, 4.69) is 10.0 Å². The van der Waals surface area contributed by atoms with Crippen LogP contribution in [0.1, 0.15) is 47.8 Å². The van der Waals surface area contributed by atoms with Crippen LogP contribution in [-0.4, -0.2) is 59.6 Å². The Hall–Kier alpha value is -4.30. The number of nitrogens with zero attached hydrogens (tertiary/aromatic N) is 5. The van der Waals surface area contributed by atoms with Gasteiger partial charge in [-0.15, -0.1) is 0 Å². The summed E-state index contributed by atoms with van der Waals surface area (Å²) in [6, 6.07) is 5.46. The van der Waals surface area contributed by atoms with Crippen molar-refractivity contribution >= 4 is 11.9 Å². The van der Waals surface area contributed by atoms with E-state index in [0.717, 1.165) is 4.57 Å². The molecule has 1 aromatic heterocycles. The number of carbonyl (C=O) groups is 2. The van der Waals surface area contributed by atoms with Crippen LogP contribution in [0.4, 0.5) is 13.2 Å². The van der Waals surface area contributed by atoms with Gasteiger partial charge in [0.15, 0.2) is 0 Å². The van der Waals surface area contributed by atoms with Gasteiger partial charge in [-0.3, -0.25) is 18.7 Å². The number of unbranched alkanes of at least 4 members (excludes halogenated alkanes) is 2. The van der Waals surface area contributed by atoms with Crippen molar-refractivity contribution in [2.75, 3.05) is 20.3 Å². The van der Waals surface area contributed by atoms with Gasteiger partial charge in [-0.25, -0.2) is 9.59 Å². The second-order valence-electron chi connectivity index (χ2n) is 9.24. The molecule has 1 N–H and O–H groups in total. The van der Waals surface area contributed by atoms with Crippen LogP contribution in [0.25, 0.3) is 10.4 Å². The fourth-order valence-corrected chi connectivity index (χ4v) is 4.23. The number of carbonyl (C=O) groups excluding carboxylic acids is 2. The van der Waals surface area contributed by atoms with Gasteiger partial charge in [-0.1, -0.05) is 5.11 Å². The SMILES string of the molecule is COc1ccc(C(=O)OC[C@H]2O[C@H](n3cc(C)c(=O)n(CCCCCNC(=O)C(F)(F)F)c3=O)C[C@@H]2N=[N+]=[N-])cc1. The summed E-state index contributed by atoms with van der Waals surface area (Å²) in [6.07, 6.45) is -4.49. The first-order valence-corrected chi connectivity index (χ1v) is 12.6. The Balaban J connectivity index is 1.65. The van der Waals surface area contributed by atoms with Crippen LogP contribution in [0.2, 0.25) is 0 Å². The van der Waals surface area contributed by atoms with Crippen LogP contribution in [0, 0.1) is 6.92 Å². The molecule has 3 atom stereocenters. The van der Waals surface area contributed by atoms with Gasteiger partial charge in [-0.2, -0.15) is 13.2 Å². The summed E-state index contributed by atoms with van der Waals surface area (Å²) in [4.78, 5) is 52.0. The van der Waals surface area contributed by atoms with E-state index in [4.69, 9.17) is 19.7 Å². The number of aromatic nitrogens is 2. The number of aryl methyl sites for hydroxylation is 1. The monoisotopic (exact) mass is 582 g/mol. The molecule has 13 nitrogen and oxygen atoms in total. The highest BCUT2D eigenvalue weighted by atomic mass is 19.4. The lowest BCUT2D eigenvalue weighted by Crippen LogP contribution is -2.42. The van der Waals surface area contributed by atoms with Gasteiger partial charge in [0.2, 0.25) is 0 Å². The number of esters is 1. The van der Waals surface area contributed by atoms with Crippen LogP contribution in [0.5, 0.6) is 5.75 Å². The molecular weight excluding hydrogens is 553 g/mol. The Morgan fingerprint density at radius 3 is 2.54 bits per heavy atom.